The summed E-state index contributed by atoms with van der Waals surface area (Å²) in [6.07, 6.45) is 0.799. The molecule has 0 saturated carbocycles. The van der Waals surface area contributed by atoms with Crippen molar-refractivity contribution in [3.05, 3.63) is 58.6 Å². The van der Waals surface area contributed by atoms with Gasteiger partial charge in [-0.05, 0) is 63.4 Å². The molecule has 1 N–H and O–H groups in total. The summed E-state index contributed by atoms with van der Waals surface area (Å²) in [6, 6.07) is 13.2. The Kier molecular flexibility index (Phi) is 4.80. The number of fused-ring (bicyclic) bond motifs is 1. The minimum atomic E-state index is -1.21. The molecule has 3 rings (SSSR count). The fourth-order valence-corrected chi connectivity index (χ4v) is 3.41. The summed E-state index contributed by atoms with van der Waals surface area (Å²) in [4.78, 5) is 27.8. The third-order valence-electron chi connectivity index (χ3n) is 4.96. The van der Waals surface area contributed by atoms with Gasteiger partial charge in [0.1, 0.15) is 5.41 Å². The molecular formula is C21H23ClN2O2. The normalized spacial score (nSPS) is 16.3. The van der Waals surface area contributed by atoms with Crippen molar-refractivity contribution in [2.24, 2.45) is 5.41 Å². The Hall–Kier alpha value is -2.33. The predicted octanol–water partition coefficient (Wildman–Crippen LogP) is 4.59. The lowest BCUT2D eigenvalue weighted by molar-refractivity contribution is -0.136. The molecule has 1 unspecified atom stereocenters. The van der Waals surface area contributed by atoms with Crippen LogP contribution in [0.3, 0.4) is 0 Å². The van der Waals surface area contributed by atoms with Gasteiger partial charge in [0.2, 0.25) is 11.8 Å². The third kappa shape index (κ3) is 3.21. The summed E-state index contributed by atoms with van der Waals surface area (Å²) in [7, 11) is 0. The molecule has 1 aliphatic rings. The van der Waals surface area contributed by atoms with Crippen LogP contribution in [-0.4, -0.2) is 17.9 Å². The standard InChI is InChI=1S/C21H23ClN2O2/c1-13-9-10-16(12-17(13)22)23-19(25)21(3,4)20(26)24-14(2)11-15-7-5-6-8-18(15)24/h5-10,12,14H,11H2,1-4H3,(H,23,25). The van der Waals surface area contributed by atoms with E-state index in [2.05, 4.69) is 5.32 Å². The molecule has 2 aromatic rings. The van der Waals surface area contributed by atoms with Gasteiger partial charge in [-0.1, -0.05) is 35.9 Å². The van der Waals surface area contributed by atoms with Crippen LogP contribution in [0.1, 0.15) is 31.9 Å². The molecule has 0 bridgehead atoms. The maximum atomic E-state index is 13.2. The largest absolute Gasteiger partial charge is 0.325 e. The predicted molar refractivity (Wildman–Crippen MR) is 106 cm³/mol. The van der Waals surface area contributed by atoms with E-state index in [0.717, 1.165) is 23.2 Å². The number of nitrogens with zero attached hydrogens (tertiary/aromatic N) is 1. The second kappa shape index (κ2) is 6.76. The number of para-hydroxylation sites is 1. The number of nitrogens with one attached hydrogen (secondary N) is 1. The Morgan fingerprint density at radius 3 is 2.58 bits per heavy atom. The van der Waals surface area contributed by atoms with Crippen molar-refractivity contribution in [1.82, 2.24) is 0 Å². The zero-order valence-electron chi connectivity index (χ0n) is 15.5. The Bertz CT molecular complexity index is 876. The van der Waals surface area contributed by atoms with Gasteiger partial charge in [-0.2, -0.15) is 0 Å². The molecule has 136 valence electrons. The maximum Gasteiger partial charge on any atom is 0.242 e. The van der Waals surface area contributed by atoms with Gasteiger partial charge in [-0.3, -0.25) is 9.59 Å². The number of hydrogen-bond donors (Lipinski definition) is 1. The Morgan fingerprint density at radius 1 is 1.19 bits per heavy atom. The third-order valence-corrected chi connectivity index (χ3v) is 5.37. The quantitative estimate of drug-likeness (QED) is 0.803. The molecular weight excluding hydrogens is 348 g/mol. The van der Waals surface area contributed by atoms with Crippen molar-refractivity contribution in [3.8, 4) is 0 Å². The van der Waals surface area contributed by atoms with Gasteiger partial charge in [0.05, 0.1) is 0 Å². The van der Waals surface area contributed by atoms with Crippen LogP contribution in [-0.2, 0) is 16.0 Å². The lowest BCUT2D eigenvalue weighted by Crippen LogP contribution is -2.49. The Balaban J connectivity index is 1.83. The summed E-state index contributed by atoms with van der Waals surface area (Å²) in [6.45, 7) is 7.22. The zero-order chi connectivity index (χ0) is 19.1. The topological polar surface area (TPSA) is 49.4 Å². The fraction of sp³-hybridized carbons (Fsp3) is 0.333. The first kappa shape index (κ1) is 18.5. The van der Waals surface area contributed by atoms with E-state index >= 15 is 0 Å². The molecule has 0 saturated heterocycles. The lowest BCUT2D eigenvalue weighted by Gasteiger charge is -2.31. The van der Waals surface area contributed by atoms with Crippen molar-refractivity contribution in [3.63, 3.8) is 0 Å². The lowest BCUT2D eigenvalue weighted by atomic mass is 9.89. The van der Waals surface area contributed by atoms with Gasteiger partial charge in [0.25, 0.3) is 0 Å². The van der Waals surface area contributed by atoms with Crippen molar-refractivity contribution < 1.29 is 9.59 Å². The van der Waals surface area contributed by atoms with E-state index in [4.69, 9.17) is 11.6 Å². The van der Waals surface area contributed by atoms with Crippen molar-refractivity contribution >= 4 is 34.8 Å². The van der Waals surface area contributed by atoms with Crippen LogP contribution in [0.5, 0.6) is 0 Å². The van der Waals surface area contributed by atoms with E-state index in [1.165, 1.54) is 0 Å². The van der Waals surface area contributed by atoms with Gasteiger partial charge in [-0.15, -0.1) is 0 Å². The highest BCUT2D eigenvalue weighted by Crippen LogP contribution is 2.36. The molecule has 0 aromatic heterocycles. The molecule has 0 aliphatic carbocycles. The van der Waals surface area contributed by atoms with E-state index in [0.29, 0.717) is 10.7 Å². The summed E-state index contributed by atoms with van der Waals surface area (Å²) in [5.41, 5.74) is 2.34. The van der Waals surface area contributed by atoms with E-state index in [9.17, 15) is 9.59 Å². The first-order valence-corrected chi connectivity index (χ1v) is 9.09. The summed E-state index contributed by atoms with van der Waals surface area (Å²) >= 11 is 6.13. The van der Waals surface area contributed by atoms with Gasteiger partial charge >= 0.3 is 0 Å². The first-order chi connectivity index (χ1) is 12.2. The first-order valence-electron chi connectivity index (χ1n) is 8.71. The Labute approximate surface area is 159 Å². The molecule has 0 fully saturated rings. The molecule has 0 spiro atoms. The monoisotopic (exact) mass is 370 g/mol. The number of rotatable bonds is 3. The highest BCUT2D eigenvalue weighted by Gasteiger charge is 2.43. The van der Waals surface area contributed by atoms with Crippen molar-refractivity contribution in [2.75, 3.05) is 10.2 Å². The average Bonchev–Trinajstić information content (AvgIpc) is 2.93. The van der Waals surface area contributed by atoms with Crippen LogP contribution in [0, 0.1) is 12.3 Å². The van der Waals surface area contributed by atoms with Crippen molar-refractivity contribution in [1.29, 1.82) is 0 Å². The molecule has 5 heteroatoms. The van der Waals surface area contributed by atoms with E-state index < -0.39 is 5.41 Å². The Morgan fingerprint density at radius 2 is 1.88 bits per heavy atom. The van der Waals surface area contributed by atoms with Gasteiger partial charge in [0.15, 0.2) is 0 Å². The maximum absolute atomic E-state index is 13.2. The van der Waals surface area contributed by atoms with Gasteiger partial charge in [-0.25, -0.2) is 0 Å². The minimum Gasteiger partial charge on any atom is -0.325 e. The van der Waals surface area contributed by atoms with Gasteiger partial charge < -0.3 is 10.2 Å². The zero-order valence-corrected chi connectivity index (χ0v) is 16.2. The molecule has 1 heterocycles. The number of benzene rings is 2. The van der Waals surface area contributed by atoms with E-state index in [1.54, 1.807) is 30.9 Å². The number of aryl methyl sites for hydroxylation is 1. The molecule has 1 aliphatic heterocycles. The summed E-state index contributed by atoms with van der Waals surface area (Å²) in [5, 5.41) is 3.40. The molecule has 2 aromatic carbocycles. The van der Waals surface area contributed by atoms with Crippen LogP contribution >= 0.6 is 11.6 Å². The summed E-state index contributed by atoms with van der Waals surface area (Å²) < 4.78 is 0. The number of halogens is 1. The highest BCUT2D eigenvalue weighted by molar-refractivity contribution is 6.31. The van der Waals surface area contributed by atoms with Crippen LogP contribution < -0.4 is 10.2 Å². The number of carbonyl (C=O) groups excluding carboxylic acids is 2. The van der Waals surface area contributed by atoms with Crippen LogP contribution in [0.4, 0.5) is 11.4 Å². The number of amides is 2. The van der Waals surface area contributed by atoms with Crippen LogP contribution in [0.15, 0.2) is 42.5 Å². The number of hydrogen-bond acceptors (Lipinski definition) is 2. The smallest absolute Gasteiger partial charge is 0.242 e. The van der Waals surface area contributed by atoms with E-state index in [-0.39, 0.29) is 17.9 Å². The molecule has 26 heavy (non-hydrogen) atoms. The SMILES string of the molecule is Cc1ccc(NC(=O)C(C)(C)C(=O)N2c3ccccc3CC2C)cc1Cl. The molecule has 0 radical (unpaired) electrons. The summed E-state index contributed by atoms with van der Waals surface area (Å²) in [5.74, 6) is -0.551. The van der Waals surface area contributed by atoms with Crippen LogP contribution in [0.2, 0.25) is 5.02 Å². The second-order valence-electron chi connectivity index (χ2n) is 7.40. The number of anilines is 2. The molecule has 2 amide bonds. The fourth-order valence-electron chi connectivity index (χ4n) is 3.23. The average molecular weight is 371 g/mol. The minimum absolute atomic E-state index is 0.0285. The van der Waals surface area contributed by atoms with Gasteiger partial charge in [0, 0.05) is 22.4 Å². The molecule has 4 nitrogen and oxygen atoms in total. The van der Waals surface area contributed by atoms with Crippen LogP contribution in [0.25, 0.3) is 0 Å². The van der Waals surface area contributed by atoms with Crippen molar-refractivity contribution in [2.45, 2.75) is 40.2 Å². The number of carbonyl (C=O) groups is 2. The highest BCUT2D eigenvalue weighted by atomic mass is 35.5. The second-order valence-corrected chi connectivity index (χ2v) is 7.81. The molecule has 1 atom stereocenters. The van der Waals surface area contributed by atoms with E-state index in [1.807, 2.05) is 44.2 Å².